The summed E-state index contributed by atoms with van der Waals surface area (Å²) < 4.78 is 27.3. The van der Waals surface area contributed by atoms with E-state index in [2.05, 4.69) is 49.6 Å². The predicted octanol–water partition coefficient (Wildman–Crippen LogP) is 6.11. The molecule has 0 radical (unpaired) electrons. The number of amides is 1. The van der Waals surface area contributed by atoms with Crippen LogP contribution in [0, 0.1) is 12.8 Å². The van der Waals surface area contributed by atoms with E-state index in [4.69, 9.17) is 4.98 Å². The van der Waals surface area contributed by atoms with Crippen molar-refractivity contribution >= 4 is 33.9 Å². The van der Waals surface area contributed by atoms with Crippen LogP contribution < -0.4 is 4.31 Å². The average molecular weight is 515 g/mol. The number of para-hydroxylation sites is 1. The van der Waals surface area contributed by atoms with Crippen molar-refractivity contribution in [1.29, 1.82) is 0 Å². The highest BCUT2D eigenvalue weighted by Gasteiger charge is 2.35. The Morgan fingerprint density at radius 1 is 1.11 bits per heavy atom. The molecule has 0 bridgehead atoms. The van der Waals surface area contributed by atoms with Crippen molar-refractivity contribution in [2.45, 2.75) is 59.4 Å². The van der Waals surface area contributed by atoms with Gasteiger partial charge in [-0.05, 0) is 67.5 Å². The molecule has 1 aliphatic rings. The third-order valence-corrected chi connectivity index (χ3v) is 7.76. The van der Waals surface area contributed by atoms with Gasteiger partial charge in [-0.25, -0.2) is 9.29 Å². The van der Waals surface area contributed by atoms with Crippen LogP contribution in [0.15, 0.2) is 60.7 Å². The molecule has 1 fully saturated rings. The van der Waals surface area contributed by atoms with Crippen molar-refractivity contribution in [1.82, 2.24) is 9.55 Å². The molecule has 5 rings (SSSR count). The highest BCUT2D eigenvalue weighted by molar-refractivity contribution is 7.81. The quantitative estimate of drug-likeness (QED) is 0.252. The minimum absolute atomic E-state index is 0.201. The SMILES string of the molecule is CCCc1cc2c(C)cc(CC)nc2n1Cc1ccc(-c2ccccc2N(C(=O)C2CC2)S(=O)[O-])cc1. The molecule has 0 saturated heterocycles. The summed E-state index contributed by atoms with van der Waals surface area (Å²) in [5, 5.41) is 1.21. The van der Waals surface area contributed by atoms with Crippen LogP contribution in [0.1, 0.15) is 55.6 Å². The lowest BCUT2D eigenvalue weighted by Gasteiger charge is -2.26. The Balaban J connectivity index is 1.49. The number of hydrogen-bond donors (Lipinski definition) is 0. The van der Waals surface area contributed by atoms with Crippen LogP contribution >= 0.6 is 0 Å². The number of rotatable bonds is 9. The normalized spacial score (nSPS) is 14.2. The number of aryl methyl sites for hydroxylation is 3. The molecule has 192 valence electrons. The topological polar surface area (TPSA) is 78.3 Å². The fraction of sp³-hybridized carbons (Fsp3) is 0.333. The highest BCUT2D eigenvalue weighted by Crippen LogP contribution is 2.37. The number of carbonyl (C=O) groups excluding carboxylic acids is 1. The van der Waals surface area contributed by atoms with Crippen LogP contribution in [-0.2, 0) is 35.4 Å². The number of pyridine rings is 1. The van der Waals surface area contributed by atoms with Crippen LogP contribution in [0.2, 0.25) is 0 Å². The third-order valence-electron chi connectivity index (χ3n) is 7.08. The molecule has 2 aromatic heterocycles. The molecular formula is C30H32N3O3S-. The maximum absolute atomic E-state index is 12.7. The molecule has 0 N–H and O–H groups in total. The summed E-state index contributed by atoms with van der Waals surface area (Å²) in [7, 11) is 0. The van der Waals surface area contributed by atoms with Crippen molar-refractivity contribution < 1.29 is 13.6 Å². The van der Waals surface area contributed by atoms with Crippen molar-refractivity contribution in [2.75, 3.05) is 4.31 Å². The van der Waals surface area contributed by atoms with Crippen LogP contribution in [0.4, 0.5) is 5.69 Å². The van der Waals surface area contributed by atoms with Gasteiger partial charge in [0.2, 0.25) is 5.91 Å². The zero-order chi connectivity index (χ0) is 26.1. The number of carbonyl (C=O) groups is 1. The number of aromatic nitrogens is 2. The molecule has 1 aliphatic carbocycles. The molecular weight excluding hydrogens is 482 g/mol. The van der Waals surface area contributed by atoms with Crippen molar-refractivity contribution in [3.63, 3.8) is 0 Å². The molecule has 6 nitrogen and oxygen atoms in total. The molecule has 1 saturated carbocycles. The van der Waals surface area contributed by atoms with Crippen molar-refractivity contribution in [2.24, 2.45) is 5.92 Å². The van der Waals surface area contributed by atoms with Gasteiger partial charge in [0.25, 0.3) is 0 Å². The van der Waals surface area contributed by atoms with Crippen molar-refractivity contribution in [3.05, 3.63) is 83.2 Å². The summed E-state index contributed by atoms with van der Waals surface area (Å²) in [6.07, 6.45) is 4.42. The van der Waals surface area contributed by atoms with E-state index in [-0.39, 0.29) is 11.8 Å². The summed E-state index contributed by atoms with van der Waals surface area (Å²) in [5.41, 5.74) is 7.78. The lowest BCUT2D eigenvalue weighted by molar-refractivity contribution is -0.118. The van der Waals surface area contributed by atoms with Gasteiger partial charge in [-0.3, -0.25) is 9.00 Å². The second kappa shape index (κ2) is 10.6. The monoisotopic (exact) mass is 514 g/mol. The second-order valence-corrected chi connectivity index (χ2v) is 10.6. The van der Waals surface area contributed by atoms with Gasteiger partial charge in [0.15, 0.2) is 0 Å². The minimum atomic E-state index is -2.68. The molecule has 0 spiro atoms. The summed E-state index contributed by atoms with van der Waals surface area (Å²) >= 11 is -2.68. The second-order valence-electron chi connectivity index (χ2n) is 9.83. The lowest BCUT2D eigenvalue weighted by Crippen LogP contribution is -2.34. The molecule has 2 heterocycles. The zero-order valence-corrected chi connectivity index (χ0v) is 22.4. The first kappa shape index (κ1) is 25.4. The van der Waals surface area contributed by atoms with Gasteiger partial charge in [0, 0.05) is 34.8 Å². The van der Waals surface area contributed by atoms with Crippen LogP contribution in [0.3, 0.4) is 0 Å². The summed E-state index contributed by atoms with van der Waals surface area (Å²) in [5.74, 6) is -0.554. The number of anilines is 1. The summed E-state index contributed by atoms with van der Waals surface area (Å²) in [6, 6.07) is 19.8. The largest absolute Gasteiger partial charge is 0.755 e. The molecule has 4 aromatic rings. The summed E-state index contributed by atoms with van der Waals surface area (Å²) in [6.45, 7) is 7.18. The number of hydrogen-bond acceptors (Lipinski definition) is 4. The van der Waals surface area contributed by atoms with E-state index < -0.39 is 11.3 Å². The predicted molar refractivity (Wildman–Crippen MR) is 148 cm³/mol. The lowest BCUT2D eigenvalue weighted by atomic mass is 10.0. The fourth-order valence-electron chi connectivity index (χ4n) is 4.95. The maximum atomic E-state index is 12.7. The first-order valence-corrected chi connectivity index (χ1v) is 14.0. The molecule has 1 unspecified atom stereocenters. The van der Waals surface area contributed by atoms with Gasteiger partial charge in [0.05, 0.1) is 17.0 Å². The van der Waals surface area contributed by atoms with E-state index in [1.165, 1.54) is 16.6 Å². The summed E-state index contributed by atoms with van der Waals surface area (Å²) in [4.78, 5) is 17.7. The molecule has 0 aliphatic heterocycles. The van der Waals surface area contributed by atoms with E-state index in [1.807, 2.05) is 24.3 Å². The van der Waals surface area contributed by atoms with Gasteiger partial charge in [-0.2, -0.15) is 0 Å². The van der Waals surface area contributed by atoms with Gasteiger partial charge in [-0.1, -0.05) is 62.7 Å². The smallest absolute Gasteiger partial charge is 0.241 e. The molecule has 7 heteroatoms. The minimum Gasteiger partial charge on any atom is -0.755 e. The first-order valence-electron chi connectivity index (χ1n) is 13.0. The van der Waals surface area contributed by atoms with E-state index >= 15 is 0 Å². The fourth-order valence-corrected chi connectivity index (χ4v) is 5.57. The molecule has 1 amide bonds. The number of benzene rings is 2. The van der Waals surface area contributed by atoms with E-state index in [9.17, 15) is 13.6 Å². The van der Waals surface area contributed by atoms with Gasteiger partial charge in [-0.15, -0.1) is 0 Å². The molecule has 37 heavy (non-hydrogen) atoms. The Morgan fingerprint density at radius 3 is 2.49 bits per heavy atom. The van der Waals surface area contributed by atoms with E-state index in [1.54, 1.807) is 12.1 Å². The van der Waals surface area contributed by atoms with Crippen molar-refractivity contribution in [3.8, 4) is 11.1 Å². The van der Waals surface area contributed by atoms with Crippen LogP contribution in [0.25, 0.3) is 22.2 Å². The van der Waals surface area contributed by atoms with E-state index in [0.29, 0.717) is 12.2 Å². The standard InChI is InChI=1S/C30H33N3O3S/c1-4-8-25-18-27-20(3)17-24(5-2)31-29(27)32(25)19-21-11-13-22(14-12-21)26-9-6-7-10-28(26)33(37(35)36)30(34)23-15-16-23/h6-7,9-14,17-18,23H,4-5,8,15-16,19H2,1-3H3,(H,35,36)/p-1. The van der Waals surface area contributed by atoms with E-state index in [0.717, 1.165) is 64.4 Å². The highest BCUT2D eigenvalue weighted by atomic mass is 32.2. The number of fused-ring (bicyclic) bond motifs is 1. The van der Waals surface area contributed by atoms with Gasteiger partial charge in [0.1, 0.15) is 5.65 Å². The zero-order valence-electron chi connectivity index (χ0n) is 21.6. The molecule has 1 atom stereocenters. The Morgan fingerprint density at radius 2 is 1.84 bits per heavy atom. The van der Waals surface area contributed by atoms with Crippen LogP contribution in [0.5, 0.6) is 0 Å². The van der Waals surface area contributed by atoms with Gasteiger partial charge >= 0.3 is 0 Å². The Hall–Kier alpha value is -3.29. The Bertz CT molecular complexity index is 1470. The first-order chi connectivity index (χ1) is 17.9. The average Bonchev–Trinajstić information content (AvgIpc) is 3.69. The van der Waals surface area contributed by atoms with Crippen LogP contribution in [-0.4, -0.2) is 24.2 Å². The molecule has 2 aromatic carbocycles. The Labute approximate surface area is 220 Å². The van der Waals surface area contributed by atoms with Gasteiger partial charge < -0.3 is 9.12 Å². The number of nitrogens with zero attached hydrogens (tertiary/aromatic N) is 3. The Kier molecular flexibility index (Phi) is 7.26. The third kappa shape index (κ3) is 5.11. The maximum Gasteiger partial charge on any atom is 0.241 e.